The monoisotopic (exact) mass is 434 g/mol. The molecule has 0 fully saturated rings. The van der Waals surface area contributed by atoms with Gasteiger partial charge in [0.05, 0.1) is 0 Å². The van der Waals surface area contributed by atoms with Crippen LogP contribution in [0, 0.1) is 0 Å². The largest absolute Gasteiger partial charge is 0.0622 e. The Hall–Kier alpha value is -3.16. The summed E-state index contributed by atoms with van der Waals surface area (Å²) < 4.78 is 1.09. The van der Waals surface area contributed by atoms with Crippen molar-refractivity contribution < 1.29 is 0 Å². The van der Waals surface area contributed by atoms with Crippen LogP contribution in [0.1, 0.15) is 0 Å². The van der Waals surface area contributed by atoms with E-state index in [4.69, 9.17) is 0 Å². The average molecular weight is 435 g/mol. The summed E-state index contributed by atoms with van der Waals surface area (Å²) in [5.41, 5.74) is 7.46. The molecule has 0 aromatic heterocycles. The molecule has 0 aliphatic rings. The zero-order valence-electron chi connectivity index (χ0n) is 15.8. The van der Waals surface area contributed by atoms with Crippen molar-refractivity contribution in [2.24, 2.45) is 0 Å². The van der Waals surface area contributed by atoms with E-state index in [-0.39, 0.29) is 0 Å². The molecule has 0 radical (unpaired) electrons. The van der Waals surface area contributed by atoms with Crippen LogP contribution in [-0.4, -0.2) is 0 Å². The van der Waals surface area contributed by atoms with E-state index in [2.05, 4.69) is 131 Å². The van der Waals surface area contributed by atoms with Crippen molar-refractivity contribution >= 4 is 26.7 Å². The molecule has 0 saturated heterocycles. The normalized spacial score (nSPS) is 10.9. The molecule has 0 bridgehead atoms. The Bertz CT molecular complexity index is 1270. The lowest BCUT2D eigenvalue weighted by Gasteiger charge is -2.13. The van der Waals surface area contributed by atoms with Gasteiger partial charge in [-0.3, -0.25) is 0 Å². The molecular weight excluding hydrogens is 416 g/mol. The first-order chi connectivity index (χ1) is 14.3. The minimum atomic E-state index is 1.09. The second kappa shape index (κ2) is 7.69. The predicted molar refractivity (Wildman–Crippen MR) is 128 cm³/mol. The Morgan fingerprint density at radius 2 is 0.862 bits per heavy atom. The minimum Gasteiger partial charge on any atom is -0.0622 e. The molecule has 0 N–H and O–H groups in total. The van der Waals surface area contributed by atoms with Crippen LogP contribution in [-0.2, 0) is 0 Å². The Balaban J connectivity index is 1.65. The fourth-order valence-electron chi connectivity index (χ4n) is 3.91. The number of halogens is 1. The molecular formula is C28H19Br. The second-order valence-electron chi connectivity index (χ2n) is 7.16. The fourth-order valence-corrected chi connectivity index (χ4v) is 4.28. The molecule has 0 aliphatic heterocycles. The van der Waals surface area contributed by atoms with Crippen molar-refractivity contribution in [2.75, 3.05) is 0 Å². The number of benzene rings is 5. The van der Waals surface area contributed by atoms with E-state index >= 15 is 0 Å². The van der Waals surface area contributed by atoms with Crippen molar-refractivity contribution in [1.29, 1.82) is 0 Å². The summed E-state index contributed by atoms with van der Waals surface area (Å²) in [5.74, 6) is 0. The molecule has 29 heavy (non-hydrogen) atoms. The van der Waals surface area contributed by atoms with Crippen LogP contribution in [0.3, 0.4) is 0 Å². The third-order valence-electron chi connectivity index (χ3n) is 5.37. The Morgan fingerprint density at radius 1 is 0.379 bits per heavy atom. The molecule has 138 valence electrons. The van der Waals surface area contributed by atoms with Crippen LogP contribution in [0.25, 0.3) is 44.2 Å². The maximum Gasteiger partial charge on any atom is 0.0181 e. The van der Waals surface area contributed by atoms with Crippen LogP contribution in [0.5, 0.6) is 0 Å². The molecule has 0 spiro atoms. The highest BCUT2D eigenvalue weighted by atomic mass is 79.9. The summed E-state index contributed by atoms with van der Waals surface area (Å²) in [4.78, 5) is 0. The summed E-state index contributed by atoms with van der Waals surface area (Å²) >= 11 is 3.66. The van der Waals surface area contributed by atoms with E-state index in [1.807, 2.05) is 0 Å². The lowest BCUT2D eigenvalue weighted by molar-refractivity contribution is 1.59. The molecule has 0 saturated carbocycles. The van der Waals surface area contributed by atoms with Gasteiger partial charge in [-0.25, -0.2) is 0 Å². The first-order valence-electron chi connectivity index (χ1n) is 9.73. The highest BCUT2D eigenvalue weighted by molar-refractivity contribution is 9.10. The zero-order chi connectivity index (χ0) is 19.6. The standard InChI is InChI=1S/C28H19Br/c29-24-15-16-27-25(22-9-5-2-6-10-22)17-18-26(28(27)19-24)23-13-11-21(12-14-23)20-7-3-1-4-8-20/h1-19H. The van der Waals surface area contributed by atoms with Crippen LogP contribution >= 0.6 is 15.9 Å². The van der Waals surface area contributed by atoms with E-state index in [0.717, 1.165) is 4.47 Å². The molecule has 0 nitrogen and oxygen atoms in total. The fraction of sp³-hybridized carbons (Fsp3) is 0. The maximum absolute atomic E-state index is 3.66. The third-order valence-corrected chi connectivity index (χ3v) is 5.86. The van der Waals surface area contributed by atoms with Gasteiger partial charge in [0.25, 0.3) is 0 Å². The van der Waals surface area contributed by atoms with E-state index in [9.17, 15) is 0 Å². The van der Waals surface area contributed by atoms with E-state index in [1.165, 1.54) is 44.2 Å². The molecule has 0 amide bonds. The van der Waals surface area contributed by atoms with Crippen LogP contribution < -0.4 is 0 Å². The minimum absolute atomic E-state index is 1.09. The summed E-state index contributed by atoms with van der Waals surface area (Å²) in [5, 5.41) is 2.53. The smallest absolute Gasteiger partial charge is 0.0181 e. The Labute approximate surface area is 179 Å². The SMILES string of the molecule is Brc1ccc2c(-c3ccccc3)ccc(-c3ccc(-c4ccccc4)cc3)c2c1. The maximum atomic E-state index is 3.66. The molecule has 5 aromatic carbocycles. The van der Waals surface area contributed by atoms with Crippen LogP contribution in [0.4, 0.5) is 0 Å². The molecule has 5 rings (SSSR count). The lowest BCUT2D eigenvalue weighted by Crippen LogP contribution is -1.87. The third kappa shape index (κ3) is 3.50. The Kier molecular flexibility index (Phi) is 4.75. The van der Waals surface area contributed by atoms with Gasteiger partial charge in [-0.2, -0.15) is 0 Å². The molecule has 0 atom stereocenters. The summed E-state index contributed by atoms with van der Waals surface area (Å²) in [6.45, 7) is 0. The highest BCUT2D eigenvalue weighted by Crippen LogP contribution is 2.37. The van der Waals surface area contributed by atoms with Crippen LogP contribution in [0.15, 0.2) is 120 Å². The number of hydrogen-bond acceptors (Lipinski definition) is 0. The highest BCUT2D eigenvalue weighted by Gasteiger charge is 2.10. The van der Waals surface area contributed by atoms with Crippen LogP contribution in [0.2, 0.25) is 0 Å². The summed E-state index contributed by atoms with van der Waals surface area (Å²) in [6, 6.07) is 41.0. The average Bonchev–Trinajstić information content (AvgIpc) is 2.79. The van der Waals surface area contributed by atoms with Crippen molar-refractivity contribution in [3.05, 3.63) is 120 Å². The molecule has 0 aliphatic carbocycles. The van der Waals surface area contributed by atoms with Gasteiger partial charge in [-0.15, -0.1) is 0 Å². The lowest BCUT2D eigenvalue weighted by atomic mass is 9.91. The quantitative estimate of drug-likeness (QED) is 0.266. The van der Waals surface area contributed by atoms with E-state index < -0.39 is 0 Å². The van der Waals surface area contributed by atoms with Gasteiger partial charge in [-0.05, 0) is 56.3 Å². The first kappa shape index (κ1) is 17.9. The summed E-state index contributed by atoms with van der Waals surface area (Å²) in [7, 11) is 0. The molecule has 5 aromatic rings. The second-order valence-corrected chi connectivity index (χ2v) is 8.08. The number of fused-ring (bicyclic) bond motifs is 1. The van der Waals surface area contributed by atoms with Crippen molar-refractivity contribution in [3.63, 3.8) is 0 Å². The zero-order valence-corrected chi connectivity index (χ0v) is 17.4. The van der Waals surface area contributed by atoms with Gasteiger partial charge in [0, 0.05) is 4.47 Å². The van der Waals surface area contributed by atoms with Gasteiger partial charge in [-0.1, -0.05) is 119 Å². The van der Waals surface area contributed by atoms with Crippen molar-refractivity contribution in [1.82, 2.24) is 0 Å². The molecule has 0 heterocycles. The van der Waals surface area contributed by atoms with Gasteiger partial charge >= 0.3 is 0 Å². The van der Waals surface area contributed by atoms with Gasteiger partial charge < -0.3 is 0 Å². The Morgan fingerprint density at radius 3 is 1.52 bits per heavy atom. The number of hydrogen-bond donors (Lipinski definition) is 0. The number of rotatable bonds is 3. The van der Waals surface area contributed by atoms with Gasteiger partial charge in [0.2, 0.25) is 0 Å². The van der Waals surface area contributed by atoms with E-state index in [1.54, 1.807) is 0 Å². The van der Waals surface area contributed by atoms with Gasteiger partial charge in [0.15, 0.2) is 0 Å². The van der Waals surface area contributed by atoms with Gasteiger partial charge in [0.1, 0.15) is 0 Å². The van der Waals surface area contributed by atoms with Crippen molar-refractivity contribution in [3.8, 4) is 33.4 Å². The molecule has 1 heteroatoms. The topological polar surface area (TPSA) is 0 Å². The van der Waals surface area contributed by atoms with E-state index in [0.29, 0.717) is 0 Å². The summed E-state index contributed by atoms with van der Waals surface area (Å²) in [6.07, 6.45) is 0. The first-order valence-corrected chi connectivity index (χ1v) is 10.5. The molecule has 0 unspecified atom stereocenters. The predicted octanol–water partition coefficient (Wildman–Crippen LogP) is 8.60. The van der Waals surface area contributed by atoms with Crippen molar-refractivity contribution in [2.45, 2.75) is 0 Å².